The molecule has 0 radical (unpaired) electrons. The van der Waals surface area contributed by atoms with Gasteiger partial charge in [0.25, 0.3) is 0 Å². The van der Waals surface area contributed by atoms with Crippen LogP contribution >= 0.6 is 0 Å². The van der Waals surface area contributed by atoms with Gasteiger partial charge >= 0.3 is 12.1 Å². The minimum atomic E-state index is -1.13. The minimum absolute atomic E-state index is 0.00137. The second kappa shape index (κ2) is 8.05. The van der Waals surface area contributed by atoms with Crippen LogP contribution in [0.2, 0.25) is 0 Å². The molecule has 2 aromatic rings. The van der Waals surface area contributed by atoms with Crippen LogP contribution in [0.15, 0.2) is 59.6 Å². The number of nitrogens with one attached hydrogen (secondary N) is 2. The third kappa shape index (κ3) is 5.06. The van der Waals surface area contributed by atoms with Crippen molar-refractivity contribution < 1.29 is 14.6 Å². The van der Waals surface area contributed by atoms with Crippen LogP contribution < -0.4 is 15.4 Å². The van der Waals surface area contributed by atoms with Crippen molar-refractivity contribution >= 4 is 17.8 Å². The van der Waals surface area contributed by atoms with Gasteiger partial charge in [-0.15, -0.1) is 0 Å². The van der Waals surface area contributed by atoms with Crippen LogP contribution in [0.25, 0.3) is 0 Å². The van der Waals surface area contributed by atoms with Crippen molar-refractivity contribution in [3.8, 4) is 11.9 Å². The predicted molar refractivity (Wildman–Crippen MR) is 84.2 cm³/mol. The summed E-state index contributed by atoms with van der Waals surface area (Å²) in [6.45, 7) is 0.0974. The molecule has 0 saturated carbocycles. The number of amides is 1. The van der Waals surface area contributed by atoms with E-state index in [9.17, 15) is 4.79 Å². The van der Waals surface area contributed by atoms with E-state index in [4.69, 9.17) is 15.1 Å². The highest BCUT2D eigenvalue weighted by Crippen LogP contribution is 2.19. The maximum atomic E-state index is 10.6. The number of carboxylic acid groups (broad SMARTS) is 1. The first-order chi connectivity index (χ1) is 11.2. The van der Waals surface area contributed by atoms with E-state index in [0.29, 0.717) is 17.0 Å². The molecule has 116 valence electrons. The molecule has 0 spiro atoms. The van der Waals surface area contributed by atoms with E-state index in [0.717, 1.165) is 0 Å². The molecule has 7 heteroatoms. The predicted octanol–water partition coefficient (Wildman–Crippen LogP) is 2.59. The van der Waals surface area contributed by atoms with Gasteiger partial charge in [-0.3, -0.25) is 0 Å². The van der Waals surface area contributed by atoms with E-state index < -0.39 is 6.09 Å². The van der Waals surface area contributed by atoms with Gasteiger partial charge in [0.05, 0.1) is 5.69 Å². The molecular formula is C16H14N4O3. The average Bonchev–Trinajstić information content (AvgIpc) is 2.55. The van der Waals surface area contributed by atoms with Crippen LogP contribution in [0.1, 0.15) is 5.56 Å². The molecule has 0 aromatic heterocycles. The van der Waals surface area contributed by atoms with Crippen LogP contribution in [-0.4, -0.2) is 17.2 Å². The summed E-state index contributed by atoms with van der Waals surface area (Å²) in [4.78, 5) is 14.9. The number of nitriles is 1. The smallest absolute Gasteiger partial charge is 0.404 e. The Labute approximate surface area is 132 Å². The van der Waals surface area contributed by atoms with E-state index in [1.54, 1.807) is 54.7 Å². The summed E-state index contributed by atoms with van der Waals surface area (Å²) in [6, 6.07) is 15.9. The Kier molecular flexibility index (Phi) is 5.54. The lowest BCUT2D eigenvalue weighted by molar-refractivity contribution is 0.194. The molecule has 1 amide bonds. The fourth-order valence-electron chi connectivity index (χ4n) is 1.77. The highest BCUT2D eigenvalue weighted by atomic mass is 16.5. The zero-order chi connectivity index (χ0) is 16.5. The van der Waals surface area contributed by atoms with Crippen molar-refractivity contribution in [2.75, 3.05) is 0 Å². The Morgan fingerprint density at radius 3 is 2.57 bits per heavy atom. The fourth-order valence-corrected chi connectivity index (χ4v) is 1.77. The molecule has 7 nitrogen and oxygen atoms in total. The first-order valence-corrected chi connectivity index (χ1v) is 6.70. The fraction of sp³-hybridized carbons (Fsp3) is 0.0625. The van der Waals surface area contributed by atoms with Gasteiger partial charge in [-0.2, -0.15) is 10.3 Å². The molecule has 23 heavy (non-hydrogen) atoms. The zero-order valence-electron chi connectivity index (χ0n) is 12.1. The Morgan fingerprint density at radius 2 is 1.87 bits per heavy atom. The number of ether oxygens (including phenoxy) is 1. The first kappa shape index (κ1) is 15.9. The first-order valence-electron chi connectivity index (χ1n) is 6.70. The van der Waals surface area contributed by atoms with Crippen molar-refractivity contribution in [1.29, 1.82) is 5.26 Å². The summed E-state index contributed by atoms with van der Waals surface area (Å²) in [5.74, 6) is 0.523. The van der Waals surface area contributed by atoms with E-state index in [-0.39, 0.29) is 12.6 Å². The molecule has 3 N–H and O–H groups in total. The highest BCUT2D eigenvalue weighted by molar-refractivity contribution is 5.81. The Balaban J connectivity index is 2.25. The molecular weight excluding hydrogens is 296 g/mol. The summed E-state index contributed by atoms with van der Waals surface area (Å²) >= 11 is 0. The minimum Gasteiger partial charge on any atom is -0.465 e. The van der Waals surface area contributed by atoms with Gasteiger partial charge < -0.3 is 15.2 Å². The maximum Gasteiger partial charge on any atom is 0.404 e. The number of amidine groups is 1. The monoisotopic (exact) mass is 310 g/mol. The summed E-state index contributed by atoms with van der Waals surface area (Å²) in [7, 11) is 0. The van der Waals surface area contributed by atoms with Crippen LogP contribution in [0, 0.1) is 11.5 Å². The molecule has 0 bridgehead atoms. The van der Waals surface area contributed by atoms with Gasteiger partial charge in [0, 0.05) is 6.54 Å². The van der Waals surface area contributed by atoms with Crippen LogP contribution in [0.5, 0.6) is 5.75 Å². The van der Waals surface area contributed by atoms with Gasteiger partial charge in [-0.1, -0.05) is 36.4 Å². The van der Waals surface area contributed by atoms with Crippen molar-refractivity contribution in [1.82, 2.24) is 10.6 Å². The van der Waals surface area contributed by atoms with Gasteiger partial charge in [0.15, 0.2) is 6.19 Å². The Bertz CT molecular complexity index is 738. The number of nitrogens with zero attached hydrogens (tertiary/aromatic N) is 2. The largest absolute Gasteiger partial charge is 0.465 e. The van der Waals surface area contributed by atoms with Crippen molar-refractivity contribution in [2.45, 2.75) is 6.54 Å². The highest BCUT2D eigenvalue weighted by Gasteiger charge is 2.07. The second-order valence-electron chi connectivity index (χ2n) is 4.36. The summed E-state index contributed by atoms with van der Waals surface area (Å²) in [6.07, 6.45) is 0.637. The van der Waals surface area contributed by atoms with Gasteiger partial charge in [0.2, 0.25) is 0 Å². The standard InChI is InChI=1S/C16H14N4O3/c17-11-19-15(23-13-7-2-1-3-8-13)20-14-9-5-4-6-12(14)10-18-16(21)22/h1-9,18H,10H2,(H,19,20)(H,21,22). The molecule has 0 fully saturated rings. The molecule has 0 unspecified atom stereocenters. The lowest BCUT2D eigenvalue weighted by atomic mass is 10.2. The third-order valence-electron chi connectivity index (χ3n) is 2.76. The van der Waals surface area contributed by atoms with Crippen molar-refractivity contribution in [2.24, 2.45) is 4.99 Å². The maximum absolute atomic E-state index is 10.6. The number of aliphatic imine (C=N–C) groups is 1. The molecule has 0 aliphatic carbocycles. The van der Waals surface area contributed by atoms with Crippen LogP contribution in [0.3, 0.4) is 0 Å². The van der Waals surface area contributed by atoms with E-state index >= 15 is 0 Å². The Hall–Kier alpha value is -3.53. The molecule has 2 aromatic carbocycles. The van der Waals surface area contributed by atoms with E-state index in [2.05, 4.69) is 15.6 Å². The number of para-hydroxylation sites is 2. The van der Waals surface area contributed by atoms with E-state index in [1.807, 2.05) is 6.07 Å². The van der Waals surface area contributed by atoms with Crippen LogP contribution in [0.4, 0.5) is 10.5 Å². The number of benzene rings is 2. The van der Waals surface area contributed by atoms with Gasteiger partial charge in [-0.05, 0) is 23.8 Å². The van der Waals surface area contributed by atoms with E-state index in [1.165, 1.54) is 0 Å². The molecule has 0 heterocycles. The SMILES string of the molecule is N#CNC(=Nc1ccccc1CNC(=O)O)Oc1ccccc1. The normalized spacial score (nSPS) is 10.5. The molecule has 0 saturated heterocycles. The van der Waals surface area contributed by atoms with Crippen LogP contribution in [-0.2, 0) is 6.54 Å². The van der Waals surface area contributed by atoms with Gasteiger partial charge in [-0.25, -0.2) is 10.1 Å². The average molecular weight is 310 g/mol. The quantitative estimate of drug-likeness (QED) is 0.348. The summed E-state index contributed by atoms with van der Waals surface area (Å²) in [5.41, 5.74) is 1.15. The Morgan fingerprint density at radius 1 is 1.17 bits per heavy atom. The molecule has 0 atom stereocenters. The topological polar surface area (TPSA) is 107 Å². The number of hydrogen-bond acceptors (Lipinski definition) is 4. The second-order valence-corrected chi connectivity index (χ2v) is 4.36. The zero-order valence-corrected chi connectivity index (χ0v) is 12.1. The lowest BCUT2D eigenvalue weighted by Crippen LogP contribution is -2.24. The van der Waals surface area contributed by atoms with Crippen molar-refractivity contribution in [3.05, 3.63) is 60.2 Å². The van der Waals surface area contributed by atoms with Gasteiger partial charge in [0.1, 0.15) is 5.75 Å². The summed E-state index contributed by atoms with van der Waals surface area (Å²) < 4.78 is 5.52. The summed E-state index contributed by atoms with van der Waals surface area (Å²) in [5, 5.41) is 22.2. The number of carbonyl (C=O) groups is 1. The number of hydrogen-bond donors (Lipinski definition) is 3. The molecule has 0 aliphatic rings. The van der Waals surface area contributed by atoms with Crippen molar-refractivity contribution in [3.63, 3.8) is 0 Å². The molecule has 0 aliphatic heterocycles. The number of rotatable bonds is 4. The molecule has 2 rings (SSSR count). The lowest BCUT2D eigenvalue weighted by Gasteiger charge is -2.09. The third-order valence-corrected chi connectivity index (χ3v) is 2.76.